The van der Waals surface area contributed by atoms with E-state index in [1.54, 1.807) is 33.5 Å². The first-order valence-corrected chi connectivity index (χ1v) is 14.3. The minimum atomic E-state index is -3.76. The van der Waals surface area contributed by atoms with E-state index in [0.29, 0.717) is 62.9 Å². The van der Waals surface area contributed by atoms with E-state index < -0.39 is 15.6 Å². The molecule has 10 heteroatoms. The number of ether oxygens (including phenoxy) is 1. The number of sulfonamides is 1. The fourth-order valence-corrected chi connectivity index (χ4v) is 7.78. The monoisotopic (exact) mass is 511 g/mol. The molecule has 0 radical (unpaired) electrons. The summed E-state index contributed by atoms with van der Waals surface area (Å²) in [6.45, 7) is 3.22. The summed E-state index contributed by atoms with van der Waals surface area (Å²) >= 11 is 6.02. The van der Waals surface area contributed by atoms with Gasteiger partial charge in [0.1, 0.15) is 5.60 Å². The Labute approximate surface area is 206 Å². The van der Waals surface area contributed by atoms with Gasteiger partial charge in [0.15, 0.2) is 0 Å². The summed E-state index contributed by atoms with van der Waals surface area (Å²) in [7, 11) is -3.76. The summed E-state index contributed by atoms with van der Waals surface area (Å²) in [4.78, 5) is 17.2. The van der Waals surface area contributed by atoms with Gasteiger partial charge in [-0.25, -0.2) is 13.2 Å². The fraction of sp³-hybridized carbons (Fsp3) is 0.708. The van der Waals surface area contributed by atoms with E-state index in [1.165, 1.54) is 0 Å². The third-order valence-corrected chi connectivity index (χ3v) is 10.1. The highest BCUT2D eigenvalue weighted by molar-refractivity contribution is 7.89. The topological polar surface area (TPSA) is 90.4 Å². The number of hydrogen-bond donors (Lipinski definition) is 1. The Hall–Kier alpha value is -1.39. The molecule has 0 unspecified atom stereocenters. The van der Waals surface area contributed by atoms with Crippen molar-refractivity contribution in [1.29, 1.82) is 0 Å². The van der Waals surface area contributed by atoms with Gasteiger partial charge in [-0.05, 0) is 68.7 Å². The number of aliphatic hydroxyl groups is 1. The van der Waals surface area contributed by atoms with Gasteiger partial charge >= 0.3 is 6.09 Å². The summed E-state index contributed by atoms with van der Waals surface area (Å²) < 4.78 is 35.7. The molecule has 2 aliphatic heterocycles. The molecule has 0 spiro atoms. The average molecular weight is 512 g/mol. The Morgan fingerprint density at radius 2 is 1.74 bits per heavy atom. The number of amides is 1. The molecule has 1 N–H and O–H groups in total. The molecule has 8 nitrogen and oxygen atoms in total. The quantitative estimate of drug-likeness (QED) is 0.605. The highest BCUT2D eigenvalue weighted by Gasteiger charge is 2.61. The predicted octanol–water partition coefficient (Wildman–Crippen LogP) is 2.94. The van der Waals surface area contributed by atoms with Crippen LogP contribution in [0.15, 0.2) is 29.2 Å². The fourth-order valence-electron chi connectivity index (χ4n) is 5.66. The molecule has 1 amide bonds. The number of nitrogens with zero attached hydrogens (tertiary/aromatic N) is 3. The summed E-state index contributed by atoms with van der Waals surface area (Å²) in [6.07, 6.45) is 5.63. The smallest absolute Gasteiger partial charge is 0.410 e. The minimum absolute atomic E-state index is 0.0439. The summed E-state index contributed by atoms with van der Waals surface area (Å²) in [5.41, 5.74) is -0.744. The van der Waals surface area contributed by atoms with E-state index in [4.69, 9.17) is 21.4 Å². The van der Waals surface area contributed by atoms with Crippen LogP contribution in [0.5, 0.6) is 0 Å². The maximum atomic E-state index is 13.9. The molecular formula is C24H34ClN3O5S. The van der Waals surface area contributed by atoms with E-state index in [1.807, 2.05) is 0 Å². The lowest BCUT2D eigenvalue weighted by atomic mass is 9.91. The third-order valence-electron chi connectivity index (χ3n) is 7.85. The lowest BCUT2D eigenvalue weighted by Gasteiger charge is -2.45. The lowest BCUT2D eigenvalue weighted by molar-refractivity contribution is -0.0164. The number of β-amino-alcohol motifs (C(OH)–C–C–N with tert-alkyl or cyclic N) is 1. The normalized spacial score (nSPS) is 28.0. The van der Waals surface area contributed by atoms with Crippen LogP contribution >= 0.6 is 11.6 Å². The van der Waals surface area contributed by atoms with Crippen molar-refractivity contribution in [2.45, 2.75) is 67.5 Å². The first-order valence-electron chi connectivity index (χ1n) is 12.4. The van der Waals surface area contributed by atoms with Crippen molar-refractivity contribution in [2.75, 3.05) is 39.3 Å². The predicted molar refractivity (Wildman–Crippen MR) is 128 cm³/mol. The molecule has 188 valence electrons. The van der Waals surface area contributed by atoms with E-state index >= 15 is 0 Å². The van der Waals surface area contributed by atoms with Crippen molar-refractivity contribution in [3.63, 3.8) is 0 Å². The molecule has 2 heterocycles. The van der Waals surface area contributed by atoms with Gasteiger partial charge in [0.2, 0.25) is 10.0 Å². The minimum Gasteiger partial charge on any atom is -0.441 e. The molecule has 5 rings (SSSR count). The van der Waals surface area contributed by atoms with Crippen molar-refractivity contribution < 1.29 is 23.1 Å². The Morgan fingerprint density at radius 3 is 2.32 bits per heavy atom. The van der Waals surface area contributed by atoms with E-state index in [-0.39, 0.29) is 29.7 Å². The first kappa shape index (κ1) is 24.3. The Balaban J connectivity index is 1.36. The van der Waals surface area contributed by atoms with Crippen molar-refractivity contribution >= 4 is 27.7 Å². The third kappa shape index (κ3) is 4.82. The highest BCUT2D eigenvalue weighted by Crippen LogP contribution is 2.53. The van der Waals surface area contributed by atoms with Gasteiger partial charge in [0, 0.05) is 43.8 Å². The SMILES string of the molecule is O=C(OC1([C@H]2CCC[C@@H](C3CC3)N2S(=O)(=O)c2ccc(Cl)cc2)CC1)N1CCN(CCO)CC1. The van der Waals surface area contributed by atoms with Crippen LogP contribution in [0.3, 0.4) is 0 Å². The molecule has 0 bridgehead atoms. The molecule has 1 aromatic rings. The largest absolute Gasteiger partial charge is 0.441 e. The number of benzene rings is 1. The van der Waals surface area contributed by atoms with Crippen molar-refractivity contribution in [1.82, 2.24) is 14.1 Å². The summed E-state index contributed by atoms with van der Waals surface area (Å²) in [5, 5.41) is 9.64. The van der Waals surface area contributed by atoms with Crippen LogP contribution in [0.4, 0.5) is 4.79 Å². The van der Waals surface area contributed by atoms with Gasteiger partial charge in [-0.3, -0.25) is 4.90 Å². The zero-order chi connectivity index (χ0) is 23.9. The zero-order valence-electron chi connectivity index (χ0n) is 19.4. The second-order valence-corrected chi connectivity index (χ2v) is 12.4. The number of piperazine rings is 1. The summed E-state index contributed by atoms with van der Waals surface area (Å²) in [6, 6.07) is 5.99. The van der Waals surface area contributed by atoms with E-state index in [9.17, 15) is 13.2 Å². The van der Waals surface area contributed by atoms with Crippen LogP contribution in [0.2, 0.25) is 5.02 Å². The van der Waals surface area contributed by atoms with Gasteiger partial charge in [-0.15, -0.1) is 0 Å². The highest BCUT2D eigenvalue weighted by atomic mass is 35.5. The Kier molecular flexibility index (Phi) is 6.85. The van der Waals surface area contributed by atoms with Crippen LogP contribution in [-0.4, -0.2) is 90.7 Å². The second kappa shape index (κ2) is 9.58. The maximum absolute atomic E-state index is 13.9. The van der Waals surface area contributed by atoms with Crippen LogP contribution < -0.4 is 0 Å². The molecule has 1 aromatic carbocycles. The van der Waals surface area contributed by atoms with Gasteiger partial charge in [-0.2, -0.15) is 4.31 Å². The second-order valence-electron chi connectivity index (χ2n) is 10.1. The number of piperidine rings is 1. The number of halogens is 1. The van der Waals surface area contributed by atoms with Crippen LogP contribution in [-0.2, 0) is 14.8 Å². The maximum Gasteiger partial charge on any atom is 0.410 e. The van der Waals surface area contributed by atoms with Gasteiger partial charge < -0.3 is 14.7 Å². The van der Waals surface area contributed by atoms with Gasteiger partial charge in [-0.1, -0.05) is 18.0 Å². The van der Waals surface area contributed by atoms with Crippen LogP contribution in [0, 0.1) is 5.92 Å². The lowest BCUT2D eigenvalue weighted by Crippen LogP contribution is -2.58. The number of rotatable bonds is 7. The standard InChI is InChI=1S/C24H34ClN3O5S/c25-19-6-8-20(9-7-19)34(31,32)28-21(18-4-5-18)2-1-3-22(28)24(10-11-24)33-23(30)27-14-12-26(13-15-27)16-17-29/h6-9,18,21-22,29H,1-5,10-17H2/t21-,22+/m0/s1. The number of carbonyl (C=O) groups is 1. The van der Waals surface area contributed by atoms with Crippen LogP contribution in [0.25, 0.3) is 0 Å². The average Bonchev–Trinajstić information content (AvgIpc) is 3.75. The molecule has 4 fully saturated rings. The number of aliphatic hydroxyl groups excluding tert-OH is 1. The molecule has 2 saturated heterocycles. The van der Waals surface area contributed by atoms with Gasteiger partial charge in [0.25, 0.3) is 0 Å². The van der Waals surface area contributed by atoms with Crippen molar-refractivity contribution in [3.8, 4) is 0 Å². The first-order chi connectivity index (χ1) is 16.3. The molecule has 2 saturated carbocycles. The van der Waals surface area contributed by atoms with Gasteiger partial charge in [0.05, 0.1) is 17.5 Å². The van der Waals surface area contributed by atoms with E-state index in [2.05, 4.69) is 4.90 Å². The summed E-state index contributed by atoms with van der Waals surface area (Å²) in [5.74, 6) is 0.385. The Bertz CT molecular complexity index is 988. The molecular weight excluding hydrogens is 478 g/mol. The Morgan fingerprint density at radius 1 is 1.06 bits per heavy atom. The van der Waals surface area contributed by atoms with Crippen LogP contribution in [0.1, 0.15) is 44.9 Å². The number of carbonyl (C=O) groups excluding carboxylic acids is 1. The van der Waals surface area contributed by atoms with E-state index in [0.717, 1.165) is 25.7 Å². The molecule has 4 aliphatic rings. The zero-order valence-corrected chi connectivity index (χ0v) is 21.0. The molecule has 2 aliphatic carbocycles. The molecule has 2 atom stereocenters. The number of hydrogen-bond acceptors (Lipinski definition) is 6. The molecule has 34 heavy (non-hydrogen) atoms. The van der Waals surface area contributed by atoms with Crippen molar-refractivity contribution in [2.24, 2.45) is 5.92 Å². The van der Waals surface area contributed by atoms with Crippen molar-refractivity contribution in [3.05, 3.63) is 29.3 Å². The molecule has 0 aromatic heterocycles.